The van der Waals surface area contributed by atoms with Crippen LogP contribution in [0.2, 0.25) is 0 Å². The molecular weight excluding hydrogens is 402 g/mol. The van der Waals surface area contributed by atoms with Gasteiger partial charge in [-0.05, 0) is 24.8 Å². The SMILES string of the molecule is O=C(c1ncc(F)cc1F)N1CCC2(CC1)OCCc1cnc(-c3ccccc3)nc12. The van der Waals surface area contributed by atoms with Gasteiger partial charge in [0.05, 0.1) is 18.5 Å². The second-order valence-electron chi connectivity index (χ2n) is 7.80. The Morgan fingerprint density at radius 2 is 1.84 bits per heavy atom. The van der Waals surface area contributed by atoms with Crippen LogP contribution >= 0.6 is 0 Å². The summed E-state index contributed by atoms with van der Waals surface area (Å²) in [4.78, 5) is 27.3. The predicted octanol–water partition coefficient (Wildman–Crippen LogP) is 3.52. The number of carbonyl (C=O) groups excluding carboxylic acids is 1. The highest BCUT2D eigenvalue weighted by atomic mass is 19.1. The molecule has 8 heteroatoms. The lowest BCUT2D eigenvalue weighted by atomic mass is 9.83. The van der Waals surface area contributed by atoms with E-state index in [4.69, 9.17) is 9.72 Å². The van der Waals surface area contributed by atoms with E-state index in [0.717, 1.165) is 29.4 Å². The maximum atomic E-state index is 14.0. The molecule has 0 saturated carbocycles. The van der Waals surface area contributed by atoms with Crippen LogP contribution in [0.4, 0.5) is 8.78 Å². The molecule has 31 heavy (non-hydrogen) atoms. The van der Waals surface area contributed by atoms with E-state index in [1.54, 1.807) is 0 Å². The smallest absolute Gasteiger partial charge is 0.275 e. The van der Waals surface area contributed by atoms with Crippen LogP contribution in [0, 0.1) is 11.6 Å². The molecule has 0 unspecified atom stereocenters. The number of halogens is 2. The van der Waals surface area contributed by atoms with Crippen molar-refractivity contribution >= 4 is 5.91 Å². The van der Waals surface area contributed by atoms with Crippen molar-refractivity contribution in [3.63, 3.8) is 0 Å². The van der Waals surface area contributed by atoms with E-state index in [2.05, 4.69) is 9.97 Å². The van der Waals surface area contributed by atoms with Crippen LogP contribution in [0.1, 0.15) is 34.6 Å². The topological polar surface area (TPSA) is 68.2 Å². The molecular formula is C23H20F2N4O2. The highest BCUT2D eigenvalue weighted by molar-refractivity contribution is 5.92. The standard InChI is InChI=1S/C23H20F2N4O2/c24-17-12-18(25)19(26-14-17)22(30)29-9-7-23(8-10-29)20-16(6-11-31-23)13-27-21(28-20)15-4-2-1-3-5-15/h1-5,12-14H,6-11H2. The average Bonchev–Trinajstić information content (AvgIpc) is 2.80. The molecule has 6 nitrogen and oxygen atoms in total. The molecule has 2 aliphatic rings. The maximum absolute atomic E-state index is 14.0. The number of hydrogen-bond acceptors (Lipinski definition) is 5. The Morgan fingerprint density at radius 1 is 1.06 bits per heavy atom. The second-order valence-corrected chi connectivity index (χ2v) is 7.80. The van der Waals surface area contributed by atoms with Crippen LogP contribution in [0.3, 0.4) is 0 Å². The molecule has 1 spiro atoms. The summed E-state index contributed by atoms with van der Waals surface area (Å²) < 4.78 is 33.4. The monoisotopic (exact) mass is 422 g/mol. The number of nitrogens with zero attached hydrogens (tertiary/aromatic N) is 4. The summed E-state index contributed by atoms with van der Waals surface area (Å²) in [5.74, 6) is -1.67. The Labute approximate surface area is 177 Å². The zero-order valence-electron chi connectivity index (χ0n) is 16.7. The quantitative estimate of drug-likeness (QED) is 0.632. The molecule has 3 aromatic rings. The van der Waals surface area contributed by atoms with Crippen LogP contribution in [-0.2, 0) is 16.8 Å². The lowest BCUT2D eigenvalue weighted by molar-refractivity contribution is -0.0967. The number of piperidine rings is 1. The van der Waals surface area contributed by atoms with Crippen molar-refractivity contribution in [2.24, 2.45) is 0 Å². The van der Waals surface area contributed by atoms with Crippen LogP contribution in [0.5, 0.6) is 0 Å². The molecule has 158 valence electrons. The molecule has 2 aromatic heterocycles. The van der Waals surface area contributed by atoms with Crippen LogP contribution < -0.4 is 0 Å². The molecule has 4 heterocycles. The van der Waals surface area contributed by atoms with E-state index >= 15 is 0 Å². The van der Waals surface area contributed by atoms with Crippen LogP contribution in [0.15, 0.2) is 48.8 Å². The fourth-order valence-electron chi connectivity index (χ4n) is 4.31. The summed E-state index contributed by atoms with van der Waals surface area (Å²) in [5, 5.41) is 0. The molecule has 0 N–H and O–H groups in total. The fraction of sp³-hybridized carbons (Fsp3) is 0.304. The van der Waals surface area contributed by atoms with Gasteiger partial charge in [0.15, 0.2) is 17.3 Å². The number of likely N-dealkylation sites (tertiary alicyclic amines) is 1. The minimum Gasteiger partial charge on any atom is -0.368 e. The lowest BCUT2D eigenvalue weighted by Gasteiger charge is -2.44. The van der Waals surface area contributed by atoms with Gasteiger partial charge in [-0.25, -0.2) is 23.7 Å². The van der Waals surface area contributed by atoms with E-state index in [9.17, 15) is 13.6 Å². The summed E-state index contributed by atoms with van der Waals surface area (Å²) in [6.07, 6.45) is 4.51. The number of pyridine rings is 1. The Morgan fingerprint density at radius 3 is 2.58 bits per heavy atom. The van der Waals surface area contributed by atoms with Gasteiger partial charge in [-0.3, -0.25) is 4.79 Å². The van der Waals surface area contributed by atoms with E-state index in [1.165, 1.54) is 4.90 Å². The molecule has 0 aliphatic carbocycles. The van der Waals surface area contributed by atoms with Crippen molar-refractivity contribution in [3.05, 3.63) is 77.4 Å². The Balaban J connectivity index is 1.40. The molecule has 2 aliphatic heterocycles. The van der Waals surface area contributed by atoms with Gasteiger partial charge in [0.1, 0.15) is 11.4 Å². The molecule has 5 rings (SSSR count). The fourth-order valence-corrected chi connectivity index (χ4v) is 4.31. The third-order valence-corrected chi connectivity index (χ3v) is 5.95. The van der Waals surface area contributed by atoms with Gasteiger partial charge in [-0.15, -0.1) is 0 Å². The number of benzene rings is 1. The summed E-state index contributed by atoms with van der Waals surface area (Å²) in [7, 11) is 0. The zero-order chi connectivity index (χ0) is 21.4. The van der Waals surface area contributed by atoms with Crippen molar-refractivity contribution in [1.82, 2.24) is 19.9 Å². The first-order valence-corrected chi connectivity index (χ1v) is 10.2. The molecule has 1 aromatic carbocycles. The van der Waals surface area contributed by atoms with Crippen molar-refractivity contribution in [2.45, 2.75) is 24.9 Å². The number of carbonyl (C=O) groups is 1. The number of rotatable bonds is 2. The van der Waals surface area contributed by atoms with E-state index in [-0.39, 0.29) is 5.69 Å². The number of amides is 1. The Kier molecular flexibility index (Phi) is 4.94. The maximum Gasteiger partial charge on any atom is 0.275 e. The van der Waals surface area contributed by atoms with Gasteiger partial charge in [0.2, 0.25) is 0 Å². The van der Waals surface area contributed by atoms with E-state index in [0.29, 0.717) is 44.4 Å². The highest BCUT2D eigenvalue weighted by Gasteiger charge is 2.43. The lowest BCUT2D eigenvalue weighted by Crippen LogP contribution is -2.49. The normalized spacial score (nSPS) is 17.4. The molecule has 1 amide bonds. The number of hydrogen-bond donors (Lipinski definition) is 0. The van der Waals surface area contributed by atoms with Crippen molar-refractivity contribution in [1.29, 1.82) is 0 Å². The van der Waals surface area contributed by atoms with Gasteiger partial charge in [-0.1, -0.05) is 30.3 Å². The Hall–Kier alpha value is -3.26. The summed E-state index contributed by atoms with van der Waals surface area (Å²) in [5.41, 5.74) is 1.88. The van der Waals surface area contributed by atoms with Crippen molar-refractivity contribution in [3.8, 4) is 11.4 Å². The largest absolute Gasteiger partial charge is 0.368 e. The highest BCUT2D eigenvalue weighted by Crippen LogP contribution is 2.41. The third kappa shape index (κ3) is 3.57. The van der Waals surface area contributed by atoms with Gasteiger partial charge in [0.25, 0.3) is 5.91 Å². The summed E-state index contributed by atoms with van der Waals surface area (Å²) in [6.45, 7) is 1.28. The number of fused-ring (bicyclic) bond motifs is 2. The van der Waals surface area contributed by atoms with Gasteiger partial charge in [-0.2, -0.15) is 0 Å². The average molecular weight is 422 g/mol. The van der Waals surface area contributed by atoms with Gasteiger partial charge < -0.3 is 9.64 Å². The minimum atomic E-state index is -0.954. The van der Waals surface area contributed by atoms with E-state index in [1.807, 2.05) is 36.5 Å². The summed E-state index contributed by atoms with van der Waals surface area (Å²) >= 11 is 0. The molecule has 0 radical (unpaired) electrons. The molecule has 1 fully saturated rings. The summed E-state index contributed by atoms with van der Waals surface area (Å²) in [6, 6.07) is 10.4. The van der Waals surface area contributed by atoms with Gasteiger partial charge in [0, 0.05) is 30.9 Å². The zero-order valence-corrected chi connectivity index (χ0v) is 16.7. The first-order valence-electron chi connectivity index (χ1n) is 10.2. The minimum absolute atomic E-state index is 0.363. The molecule has 0 atom stereocenters. The van der Waals surface area contributed by atoms with E-state index < -0.39 is 23.1 Å². The molecule has 0 bridgehead atoms. The Bertz CT molecular complexity index is 1130. The van der Waals surface area contributed by atoms with Crippen LogP contribution in [0.25, 0.3) is 11.4 Å². The van der Waals surface area contributed by atoms with Crippen molar-refractivity contribution < 1.29 is 18.3 Å². The van der Waals surface area contributed by atoms with Gasteiger partial charge >= 0.3 is 0 Å². The molecule has 1 saturated heterocycles. The second kappa shape index (κ2) is 7.77. The van der Waals surface area contributed by atoms with Crippen molar-refractivity contribution in [2.75, 3.05) is 19.7 Å². The first-order chi connectivity index (χ1) is 15.1. The number of aromatic nitrogens is 3. The number of ether oxygens (including phenoxy) is 1. The predicted molar refractivity (Wildman–Crippen MR) is 108 cm³/mol. The first kappa shape index (κ1) is 19.7. The third-order valence-electron chi connectivity index (χ3n) is 5.95. The van der Waals surface area contributed by atoms with Crippen LogP contribution in [-0.4, -0.2) is 45.5 Å².